The van der Waals surface area contributed by atoms with Gasteiger partial charge in [0.15, 0.2) is 0 Å². The van der Waals surface area contributed by atoms with Crippen molar-refractivity contribution in [1.29, 1.82) is 0 Å². The van der Waals surface area contributed by atoms with E-state index in [1.165, 1.54) is 6.07 Å². The Morgan fingerprint density at radius 3 is 2.80 bits per heavy atom. The van der Waals surface area contributed by atoms with Crippen molar-refractivity contribution in [3.05, 3.63) is 34.6 Å². The molecule has 4 heteroatoms. The highest BCUT2D eigenvalue weighted by molar-refractivity contribution is 6.31. The summed E-state index contributed by atoms with van der Waals surface area (Å²) >= 11 is 6.04. The second-order valence-corrected chi connectivity index (χ2v) is 5.74. The van der Waals surface area contributed by atoms with Crippen LogP contribution in [0.25, 0.3) is 0 Å². The molecule has 1 aromatic carbocycles. The van der Waals surface area contributed by atoms with Gasteiger partial charge < -0.3 is 10.1 Å². The number of hydrogen-bond donors (Lipinski definition) is 1. The van der Waals surface area contributed by atoms with Gasteiger partial charge in [-0.1, -0.05) is 37.6 Å². The fourth-order valence-corrected chi connectivity index (χ4v) is 2.60. The first-order chi connectivity index (χ1) is 9.58. The van der Waals surface area contributed by atoms with Crippen molar-refractivity contribution in [1.82, 2.24) is 5.32 Å². The second kappa shape index (κ2) is 9.32. The summed E-state index contributed by atoms with van der Waals surface area (Å²) in [6.07, 6.45) is 2.80. The number of benzene rings is 1. The molecular weight excluding hydrogens is 277 g/mol. The lowest BCUT2D eigenvalue weighted by Gasteiger charge is -2.22. The zero-order valence-corrected chi connectivity index (χ0v) is 13.3. The molecule has 0 spiro atoms. The molecule has 2 atom stereocenters. The molecule has 0 radical (unpaired) electrons. The summed E-state index contributed by atoms with van der Waals surface area (Å²) in [5.41, 5.74) is 0.866. The maximum absolute atomic E-state index is 13.5. The molecule has 0 fully saturated rings. The maximum atomic E-state index is 13.5. The van der Waals surface area contributed by atoms with Crippen molar-refractivity contribution in [2.24, 2.45) is 5.92 Å². The molecule has 20 heavy (non-hydrogen) atoms. The Bertz CT molecular complexity index is 400. The Balaban J connectivity index is 2.70. The molecule has 0 bridgehead atoms. The van der Waals surface area contributed by atoms with Crippen LogP contribution in [0.15, 0.2) is 18.2 Å². The van der Waals surface area contributed by atoms with Crippen LogP contribution in [0.4, 0.5) is 4.39 Å². The Morgan fingerprint density at radius 2 is 2.15 bits per heavy atom. The van der Waals surface area contributed by atoms with E-state index in [1.54, 1.807) is 13.2 Å². The summed E-state index contributed by atoms with van der Waals surface area (Å²) in [7, 11) is 1.72. The van der Waals surface area contributed by atoms with Crippen molar-refractivity contribution in [2.75, 3.05) is 20.3 Å². The Hall–Kier alpha value is -0.640. The van der Waals surface area contributed by atoms with Gasteiger partial charge >= 0.3 is 0 Å². The van der Waals surface area contributed by atoms with Gasteiger partial charge in [0.25, 0.3) is 0 Å². The first kappa shape index (κ1) is 17.4. The summed E-state index contributed by atoms with van der Waals surface area (Å²) in [5, 5.41) is 3.76. The minimum Gasteiger partial charge on any atom is -0.384 e. The zero-order valence-electron chi connectivity index (χ0n) is 12.6. The van der Waals surface area contributed by atoms with Crippen molar-refractivity contribution in [3.63, 3.8) is 0 Å². The topological polar surface area (TPSA) is 21.3 Å². The van der Waals surface area contributed by atoms with Gasteiger partial charge in [-0.15, -0.1) is 0 Å². The molecule has 1 aromatic rings. The van der Waals surface area contributed by atoms with E-state index in [0.717, 1.165) is 38.0 Å². The first-order valence-corrected chi connectivity index (χ1v) is 7.61. The van der Waals surface area contributed by atoms with E-state index in [2.05, 4.69) is 19.2 Å². The summed E-state index contributed by atoms with van der Waals surface area (Å²) < 4.78 is 18.7. The SMILES string of the molecule is CCCNC(Cc1cccc(F)c1Cl)CC(C)COC. The van der Waals surface area contributed by atoms with E-state index in [1.807, 2.05) is 6.07 Å². The van der Waals surface area contributed by atoms with Crippen molar-refractivity contribution in [2.45, 2.75) is 39.2 Å². The van der Waals surface area contributed by atoms with Crippen LogP contribution in [-0.2, 0) is 11.2 Å². The van der Waals surface area contributed by atoms with Crippen LogP contribution < -0.4 is 5.32 Å². The lowest BCUT2D eigenvalue weighted by molar-refractivity contribution is 0.149. The van der Waals surface area contributed by atoms with Crippen LogP contribution in [0.5, 0.6) is 0 Å². The minimum absolute atomic E-state index is 0.246. The quantitative estimate of drug-likeness (QED) is 0.742. The standard InChI is InChI=1S/C16H25ClFNO/c1-4-8-19-14(9-12(2)11-20-3)10-13-6-5-7-15(18)16(13)17/h5-7,12,14,19H,4,8-11H2,1-3H3. The van der Waals surface area contributed by atoms with Gasteiger partial charge in [-0.3, -0.25) is 0 Å². The molecule has 0 aliphatic carbocycles. The predicted molar refractivity (Wildman–Crippen MR) is 82.9 cm³/mol. The van der Waals surface area contributed by atoms with Crippen molar-refractivity contribution < 1.29 is 9.13 Å². The molecule has 2 unspecified atom stereocenters. The van der Waals surface area contributed by atoms with Crippen LogP contribution in [-0.4, -0.2) is 26.3 Å². The molecule has 2 nitrogen and oxygen atoms in total. The lowest BCUT2D eigenvalue weighted by atomic mass is 9.96. The number of methoxy groups -OCH3 is 1. The Kier molecular flexibility index (Phi) is 8.12. The zero-order chi connectivity index (χ0) is 15.0. The molecule has 0 saturated heterocycles. The van der Waals surface area contributed by atoms with Crippen LogP contribution in [0.2, 0.25) is 5.02 Å². The molecule has 114 valence electrons. The van der Waals surface area contributed by atoms with Gasteiger partial charge in [0.2, 0.25) is 0 Å². The number of nitrogens with one attached hydrogen (secondary N) is 1. The van der Waals surface area contributed by atoms with E-state index in [4.69, 9.17) is 16.3 Å². The summed E-state index contributed by atoms with van der Waals surface area (Å²) in [6.45, 7) is 5.99. The third-order valence-electron chi connectivity index (χ3n) is 3.32. The van der Waals surface area contributed by atoms with E-state index in [9.17, 15) is 4.39 Å². The third kappa shape index (κ3) is 5.78. The largest absolute Gasteiger partial charge is 0.384 e. The van der Waals surface area contributed by atoms with Gasteiger partial charge in [0, 0.05) is 19.8 Å². The van der Waals surface area contributed by atoms with Crippen molar-refractivity contribution in [3.8, 4) is 0 Å². The molecular formula is C16H25ClFNO. The molecule has 0 amide bonds. The normalized spacial score (nSPS) is 14.2. The average Bonchev–Trinajstić information content (AvgIpc) is 2.41. The number of hydrogen-bond acceptors (Lipinski definition) is 2. The highest BCUT2D eigenvalue weighted by atomic mass is 35.5. The van der Waals surface area contributed by atoms with Crippen molar-refractivity contribution >= 4 is 11.6 Å². The van der Waals surface area contributed by atoms with Crippen LogP contribution in [0.1, 0.15) is 32.3 Å². The summed E-state index contributed by atoms with van der Waals surface area (Å²) in [4.78, 5) is 0. The molecule has 0 aliphatic rings. The van der Waals surface area contributed by atoms with E-state index >= 15 is 0 Å². The fraction of sp³-hybridized carbons (Fsp3) is 0.625. The third-order valence-corrected chi connectivity index (χ3v) is 3.74. The van der Waals surface area contributed by atoms with E-state index < -0.39 is 0 Å². The van der Waals surface area contributed by atoms with Crippen LogP contribution in [0.3, 0.4) is 0 Å². The molecule has 1 rings (SSSR count). The van der Waals surface area contributed by atoms with Gasteiger partial charge in [-0.2, -0.15) is 0 Å². The maximum Gasteiger partial charge on any atom is 0.142 e. The monoisotopic (exact) mass is 301 g/mol. The smallest absolute Gasteiger partial charge is 0.142 e. The highest BCUT2D eigenvalue weighted by Gasteiger charge is 2.16. The summed E-state index contributed by atoms with van der Waals surface area (Å²) in [6, 6.07) is 5.30. The van der Waals surface area contributed by atoms with Gasteiger partial charge in [-0.25, -0.2) is 4.39 Å². The summed E-state index contributed by atoms with van der Waals surface area (Å²) in [5.74, 6) is 0.116. The molecule has 0 heterocycles. The van der Waals surface area contributed by atoms with Gasteiger partial charge in [0.1, 0.15) is 5.82 Å². The second-order valence-electron chi connectivity index (χ2n) is 5.36. The predicted octanol–water partition coefficient (Wildman–Crippen LogP) is 4.06. The average molecular weight is 302 g/mol. The molecule has 1 N–H and O–H groups in total. The Morgan fingerprint density at radius 1 is 1.40 bits per heavy atom. The molecule has 0 aliphatic heterocycles. The van der Waals surface area contributed by atoms with E-state index in [0.29, 0.717) is 12.0 Å². The van der Waals surface area contributed by atoms with Gasteiger partial charge in [0.05, 0.1) is 5.02 Å². The number of halogens is 2. The number of rotatable bonds is 9. The van der Waals surface area contributed by atoms with E-state index in [-0.39, 0.29) is 10.8 Å². The Labute approximate surface area is 126 Å². The molecule has 0 aromatic heterocycles. The van der Waals surface area contributed by atoms with Gasteiger partial charge in [-0.05, 0) is 43.4 Å². The minimum atomic E-state index is -0.344. The van der Waals surface area contributed by atoms with Crippen LogP contribution in [0, 0.1) is 11.7 Å². The lowest BCUT2D eigenvalue weighted by Crippen LogP contribution is -2.34. The number of ether oxygens (including phenoxy) is 1. The van der Waals surface area contributed by atoms with Crippen LogP contribution >= 0.6 is 11.6 Å². The highest BCUT2D eigenvalue weighted by Crippen LogP contribution is 2.22. The molecule has 0 saturated carbocycles. The fourth-order valence-electron chi connectivity index (χ4n) is 2.40. The first-order valence-electron chi connectivity index (χ1n) is 7.23.